The van der Waals surface area contributed by atoms with Crippen molar-refractivity contribution < 1.29 is 19.4 Å². The highest BCUT2D eigenvalue weighted by atomic mass is 16.5. The highest BCUT2D eigenvalue weighted by Crippen LogP contribution is 2.55. The topological polar surface area (TPSA) is 55.8 Å². The molecule has 178 valence electrons. The van der Waals surface area contributed by atoms with Crippen LogP contribution in [0.1, 0.15) is 102 Å². The minimum Gasteiger partial charge on any atom is -0.490 e. The van der Waals surface area contributed by atoms with Gasteiger partial charge < -0.3 is 14.6 Å². The zero-order valence-corrected chi connectivity index (χ0v) is 19.9. The SMILES string of the molecule is CCCCC[C@@H](O)CC(=O)CCc1ccc2c(c1)O[C@@H]1CCC[C@]3(CCC[C@H]3CCO2)C1. The number of unbranched alkanes of at least 4 members (excludes halogenated alkanes) is 2. The molecular weight excluding hydrogens is 400 g/mol. The third kappa shape index (κ3) is 5.87. The Hall–Kier alpha value is -1.55. The Labute approximate surface area is 194 Å². The predicted molar refractivity (Wildman–Crippen MR) is 127 cm³/mol. The minimum atomic E-state index is -0.493. The molecule has 4 rings (SSSR count). The fourth-order valence-electron chi connectivity index (χ4n) is 6.49. The molecule has 3 aliphatic rings. The predicted octanol–water partition coefficient (Wildman–Crippen LogP) is 6.41. The van der Waals surface area contributed by atoms with Crippen LogP contribution in [0.5, 0.6) is 11.5 Å². The van der Waals surface area contributed by atoms with E-state index in [0.29, 0.717) is 18.3 Å². The average Bonchev–Trinajstić information content (AvgIpc) is 3.14. The van der Waals surface area contributed by atoms with Gasteiger partial charge >= 0.3 is 0 Å². The minimum absolute atomic E-state index is 0.146. The molecule has 1 aromatic rings. The maximum atomic E-state index is 12.4. The largest absolute Gasteiger partial charge is 0.490 e. The lowest BCUT2D eigenvalue weighted by molar-refractivity contribution is -0.121. The van der Waals surface area contributed by atoms with Gasteiger partial charge in [0.15, 0.2) is 11.5 Å². The first-order valence-corrected chi connectivity index (χ1v) is 13.2. The molecule has 4 heteroatoms. The average molecular weight is 443 g/mol. The molecule has 4 atom stereocenters. The Balaban J connectivity index is 1.36. The van der Waals surface area contributed by atoms with Crippen molar-refractivity contribution in [3.63, 3.8) is 0 Å². The van der Waals surface area contributed by atoms with Gasteiger partial charge in [0.2, 0.25) is 0 Å². The summed E-state index contributed by atoms with van der Waals surface area (Å²) in [5.74, 6) is 2.64. The summed E-state index contributed by atoms with van der Waals surface area (Å²) in [4.78, 5) is 12.4. The second kappa shape index (κ2) is 11.0. The van der Waals surface area contributed by atoms with Crippen LogP contribution >= 0.6 is 0 Å². The Morgan fingerprint density at radius 2 is 2.00 bits per heavy atom. The van der Waals surface area contributed by atoms with Crippen LogP contribution in [0.15, 0.2) is 18.2 Å². The van der Waals surface area contributed by atoms with Crippen molar-refractivity contribution in [2.24, 2.45) is 11.3 Å². The number of ketones is 1. The summed E-state index contributed by atoms with van der Waals surface area (Å²) in [6.45, 7) is 2.91. The van der Waals surface area contributed by atoms with Gasteiger partial charge in [0.05, 0.1) is 18.8 Å². The fraction of sp³-hybridized carbons (Fsp3) is 0.750. The molecule has 1 N–H and O–H groups in total. The highest BCUT2D eigenvalue weighted by molar-refractivity contribution is 5.79. The number of aliphatic hydroxyl groups is 1. The first-order chi connectivity index (χ1) is 15.6. The Bertz CT molecular complexity index is 760. The lowest BCUT2D eigenvalue weighted by Crippen LogP contribution is -2.38. The van der Waals surface area contributed by atoms with Gasteiger partial charge in [0, 0.05) is 12.8 Å². The molecule has 1 heterocycles. The van der Waals surface area contributed by atoms with Crippen molar-refractivity contribution in [2.75, 3.05) is 6.61 Å². The summed E-state index contributed by atoms with van der Waals surface area (Å²) in [5.41, 5.74) is 1.59. The van der Waals surface area contributed by atoms with Crippen LogP contribution in [0.4, 0.5) is 0 Å². The smallest absolute Gasteiger partial charge is 0.161 e. The van der Waals surface area contributed by atoms with Crippen molar-refractivity contribution in [3.8, 4) is 11.5 Å². The number of benzene rings is 1. The number of carbonyl (C=O) groups is 1. The summed E-state index contributed by atoms with van der Waals surface area (Å²) in [6, 6.07) is 6.19. The molecule has 1 aliphatic heterocycles. The van der Waals surface area contributed by atoms with Crippen LogP contribution in [-0.2, 0) is 11.2 Å². The highest BCUT2D eigenvalue weighted by Gasteiger charge is 2.46. The summed E-state index contributed by atoms with van der Waals surface area (Å²) in [7, 11) is 0. The second-order valence-electron chi connectivity index (χ2n) is 10.6. The number of fused-ring (bicyclic) bond motifs is 2. The lowest BCUT2D eigenvalue weighted by Gasteiger charge is -2.43. The number of hydrogen-bond donors (Lipinski definition) is 1. The quantitative estimate of drug-likeness (QED) is 0.449. The zero-order valence-electron chi connectivity index (χ0n) is 19.9. The standard InChI is InChI=1S/C28H42O4/c1-2-3-4-8-23(29)19-24(30)12-10-21-11-13-26-27(18-21)32-25-9-6-16-28(20-25)15-5-7-22(28)14-17-31-26/h11,13,18,22-23,25,29H,2-10,12,14-17,19-20H2,1H3/t22-,23+,25+,28+/m0/s1. The molecular formula is C28H42O4. The van der Waals surface area contributed by atoms with Crippen LogP contribution < -0.4 is 9.47 Å². The van der Waals surface area contributed by atoms with E-state index in [0.717, 1.165) is 68.1 Å². The van der Waals surface area contributed by atoms with E-state index in [1.165, 1.54) is 38.5 Å². The number of Topliss-reactive ketones (excluding diaryl/α,β-unsaturated/α-hetero) is 1. The third-order valence-corrected chi connectivity index (χ3v) is 8.25. The number of ether oxygens (including phenoxy) is 2. The molecule has 0 aromatic heterocycles. The Morgan fingerprint density at radius 3 is 2.84 bits per heavy atom. The van der Waals surface area contributed by atoms with Crippen LogP contribution in [0.3, 0.4) is 0 Å². The van der Waals surface area contributed by atoms with Crippen LogP contribution in [0, 0.1) is 11.3 Å². The van der Waals surface area contributed by atoms with Gasteiger partial charge in [0.1, 0.15) is 5.78 Å². The number of aliphatic hydroxyl groups excluding tert-OH is 1. The number of carbonyl (C=O) groups excluding carboxylic acids is 1. The molecule has 0 amide bonds. The van der Waals surface area contributed by atoms with Crippen LogP contribution in [0.2, 0.25) is 0 Å². The normalized spacial score (nSPS) is 28.1. The van der Waals surface area contributed by atoms with Crippen LogP contribution in [0.25, 0.3) is 0 Å². The molecule has 2 saturated carbocycles. The van der Waals surface area contributed by atoms with Crippen molar-refractivity contribution in [2.45, 2.75) is 115 Å². The van der Waals surface area contributed by atoms with Gasteiger partial charge in [-0.3, -0.25) is 4.79 Å². The van der Waals surface area contributed by atoms with Crippen molar-refractivity contribution in [1.82, 2.24) is 0 Å². The molecule has 1 aromatic carbocycles. The maximum absolute atomic E-state index is 12.4. The van der Waals surface area contributed by atoms with Gasteiger partial charge in [-0.2, -0.15) is 0 Å². The van der Waals surface area contributed by atoms with Gasteiger partial charge in [-0.25, -0.2) is 0 Å². The van der Waals surface area contributed by atoms with Gasteiger partial charge in [-0.05, 0) is 86.8 Å². The van der Waals surface area contributed by atoms with E-state index in [4.69, 9.17) is 9.47 Å². The zero-order chi connectivity index (χ0) is 22.4. The fourth-order valence-corrected chi connectivity index (χ4v) is 6.49. The van der Waals surface area contributed by atoms with Gasteiger partial charge in [-0.15, -0.1) is 0 Å². The molecule has 2 fully saturated rings. The number of aryl methyl sites for hydroxylation is 1. The van der Waals surface area contributed by atoms with E-state index in [1.807, 2.05) is 6.07 Å². The first-order valence-electron chi connectivity index (χ1n) is 13.2. The Morgan fingerprint density at radius 1 is 1.16 bits per heavy atom. The van der Waals surface area contributed by atoms with E-state index in [-0.39, 0.29) is 18.3 Å². The maximum Gasteiger partial charge on any atom is 0.161 e. The van der Waals surface area contributed by atoms with E-state index in [2.05, 4.69) is 19.1 Å². The van der Waals surface area contributed by atoms with Gasteiger partial charge in [-0.1, -0.05) is 38.7 Å². The van der Waals surface area contributed by atoms with E-state index in [1.54, 1.807) is 0 Å². The molecule has 2 aliphatic carbocycles. The molecule has 0 unspecified atom stereocenters. The first kappa shape index (κ1) is 23.6. The monoisotopic (exact) mass is 442 g/mol. The number of rotatable bonds is 9. The molecule has 0 saturated heterocycles. The van der Waals surface area contributed by atoms with Crippen molar-refractivity contribution in [1.29, 1.82) is 0 Å². The van der Waals surface area contributed by atoms with E-state index < -0.39 is 6.10 Å². The van der Waals surface area contributed by atoms with E-state index >= 15 is 0 Å². The molecule has 32 heavy (non-hydrogen) atoms. The summed E-state index contributed by atoms with van der Waals surface area (Å²) >= 11 is 0. The van der Waals surface area contributed by atoms with E-state index in [9.17, 15) is 9.90 Å². The summed E-state index contributed by atoms with van der Waals surface area (Å²) < 4.78 is 12.8. The number of hydrogen-bond acceptors (Lipinski definition) is 4. The molecule has 2 bridgehead atoms. The summed E-state index contributed by atoms with van der Waals surface area (Å²) in [5, 5.41) is 10.1. The van der Waals surface area contributed by atoms with Crippen molar-refractivity contribution in [3.05, 3.63) is 23.8 Å². The molecule has 4 nitrogen and oxygen atoms in total. The molecule has 0 radical (unpaired) electrons. The lowest BCUT2D eigenvalue weighted by atomic mass is 9.65. The van der Waals surface area contributed by atoms with Gasteiger partial charge in [0.25, 0.3) is 0 Å². The molecule has 1 spiro atoms. The third-order valence-electron chi connectivity index (χ3n) is 8.25. The summed E-state index contributed by atoms with van der Waals surface area (Å²) in [6.07, 6.45) is 15.4. The Kier molecular flexibility index (Phi) is 8.15. The van der Waals surface area contributed by atoms with Crippen LogP contribution in [-0.4, -0.2) is 29.7 Å². The van der Waals surface area contributed by atoms with Crippen molar-refractivity contribution >= 4 is 5.78 Å². The second-order valence-corrected chi connectivity index (χ2v) is 10.6.